The largest absolute Gasteiger partial charge is 0.324 e. The fourth-order valence-electron chi connectivity index (χ4n) is 2.80. The fourth-order valence-corrected chi connectivity index (χ4v) is 2.80. The molecule has 1 aliphatic heterocycles. The number of amides is 2. The Bertz CT molecular complexity index is 663. The lowest BCUT2D eigenvalue weighted by atomic mass is 9.98. The highest BCUT2D eigenvalue weighted by Crippen LogP contribution is 2.24. The van der Waals surface area contributed by atoms with Gasteiger partial charge in [-0.15, -0.1) is 5.10 Å². The molecule has 1 saturated heterocycles. The van der Waals surface area contributed by atoms with Gasteiger partial charge in [-0.2, -0.15) is 5.10 Å². The second-order valence-corrected chi connectivity index (χ2v) is 5.86. The number of carbonyl (C=O) groups is 1. The normalized spacial score (nSPS) is 18.2. The zero-order chi connectivity index (χ0) is 16.2. The highest BCUT2D eigenvalue weighted by molar-refractivity contribution is 5.88. The molecule has 9 nitrogen and oxygen atoms in total. The average Bonchev–Trinajstić information content (AvgIpc) is 3.17. The number of hydrogen-bond acceptors (Lipinski definition) is 5. The summed E-state index contributed by atoms with van der Waals surface area (Å²) in [7, 11) is 0. The summed E-state index contributed by atoms with van der Waals surface area (Å²) < 4.78 is 1.73. The quantitative estimate of drug-likeness (QED) is 0.889. The molecule has 0 radical (unpaired) electrons. The molecule has 0 saturated carbocycles. The highest BCUT2D eigenvalue weighted by atomic mass is 16.2. The van der Waals surface area contributed by atoms with Gasteiger partial charge >= 0.3 is 6.03 Å². The molecule has 0 spiro atoms. The van der Waals surface area contributed by atoms with Crippen LogP contribution >= 0.6 is 0 Å². The van der Waals surface area contributed by atoms with E-state index >= 15 is 0 Å². The Morgan fingerprint density at radius 2 is 2.39 bits per heavy atom. The number of aromatic nitrogens is 6. The monoisotopic (exact) mass is 318 g/mol. The minimum atomic E-state index is -0.148. The Hall–Kier alpha value is -2.45. The van der Waals surface area contributed by atoms with E-state index in [0.717, 1.165) is 44.0 Å². The van der Waals surface area contributed by atoms with Crippen LogP contribution in [0.5, 0.6) is 0 Å². The summed E-state index contributed by atoms with van der Waals surface area (Å²) in [6.07, 6.45) is 4.66. The van der Waals surface area contributed by atoms with Gasteiger partial charge < -0.3 is 4.90 Å². The van der Waals surface area contributed by atoms with Crippen LogP contribution in [-0.4, -0.2) is 54.2 Å². The molecule has 0 unspecified atom stereocenters. The minimum absolute atomic E-state index is 0.148. The van der Waals surface area contributed by atoms with E-state index in [4.69, 9.17) is 0 Å². The van der Waals surface area contributed by atoms with Gasteiger partial charge in [0.05, 0.1) is 6.20 Å². The summed E-state index contributed by atoms with van der Waals surface area (Å²) in [5.41, 5.74) is 0. The van der Waals surface area contributed by atoms with E-state index in [1.165, 1.54) is 0 Å². The van der Waals surface area contributed by atoms with E-state index in [0.29, 0.717) is 12.4 Å². The number of piperidine rings is 1. The lowest BCUT2D eigenvalue weighted by Crippen LogP contribution is -2.41. The van der Waals surface area contributed by atoms with Gasteiger partial charge in [0.25, 0.3) is 0 Å². The Balaban J connectivity index is 1.60. The summed E-state index contributed by atoms with van der Waals surface area (Å²) in [5.74, 6) is 2.25. The maximum absolute atomic E-state index is 12.4. The molecule has 0 aliphatic carbocycles. The summed E-state index contributed by atoms with van der Waals surface area (Å²) in [5, 5.41) is 17.8. The molecule has 1 fully saturated rings. The van der Waals surface area contributed by atoms with Crippen molar-refractivity contribution in [2.45, 2.75) is 45.6 Å². The second kappa shape index (κ2) is 6.76. The maximum atomic E-state index is 12.4. The van der Waals surface area contributed by atoms with Crippen LogP contribution < -0.4 is 5.32 Å². The number of H-pyrrole nitrogens is 1. The molecular weight excluding hydrogens is 296 g/mol. The number of urea groups is 1. The minimum Gasteiger partial charge on any atom is -0.324 e. The third-order valence-corrected chi connectivity index (χ3v) is 3.91. The first-order chi connectivity index (χ1) is 11.2. The molecule has 3 rings (SSSR count). The van der Waals surface area contributed by atoms with Crippen molar-refractivity contribution in [1.29, 1.82) is 0 Å². The van der Waals surface area contributed by atoms with Crippen LogP contribution in [0.2, 0.25) is 0 Å². The Morgan fingerprint density at radius 3 is 3.13 bits per heavy atom. The maximum Gasteiger partial charge on any atom is 0.323 e. The number of aryl methyl sites for hydroxylation is 2. The molecule has 2 amide bonds. The van der Waals surface area contributed by atoms with E-state index in [1.807, 2.05) is 6.92 Å². The standard InChI is InChI=1S/C14H22N8O/c1-3-6-22-9-12(18-20-22)16-14(23)21-7-4-5-11(8-21)13-15-10(2)17-19-13/h9,11H,3-8H2,1-2H3,(H,16,23)(H,15,17,19)/t11-/m1/s1. The van der Waals surface area contributed by atoms with Gasteiger partial charge in [0.1, 0.15) is 5.82 Å². The summed E-state index contributed by atoms with van der Waals surface area (Å²) in [6.45, 7) is 6.09. The predicted octanol–water partition coefficient (Wildman–Crippen LogP) is 1.53. The average molecular weight is 318 g/mol. The van der Waals surface area contributed by atoms with Gasteiger partial charge in [-0.25, -0.2) is 9.78 Å². The molecule has 0 aromatic carbocycles. The van der Waals surface area contributed by atoms with Crippen molar-refractivity contribution < 1.29 is 4.79 Å². The van der Waals surface area contributed by atoms with E-state index in [1.54, 1.807) is 15.8 Å². The van der Waals surface area contributed by atoms with Crippen LogP contribution in [0.1, 0.15) is 43.8 Å². The summed E-state index contributed by atoms with van der Waals surface area (Å²) in [6, 6.07) is -0.148. The summed E-state index contributed by atoms with van der Waals surface area (Å²) in [4.78, 5) is 18.6. The summed E-state index contributed by atoms with van der Waals surface area (Å²) >= 11 is 0. The Morgan fingerprint density at radius 1 is 1.52 bits per heavy atom. The van der Waals surface area contributed by atoms with E-state index in [-0.39, 0.29) is 11.9 Å². The van der Waals surface area contributed by atoms with Gasteiger partial charge in [-0.05, 0) is 26.2 Å². The van der Waals surface area contributed by atoms with Crippen LogP contribution in [0.3, 0.4) is 0 Å². The van der Waals surface area contributed by atoms with Crippen molar-refractivity contribution in [3.63, 3.8) is 0 Å². The SMILES string of the molecule is CCCn1cc(NC(=O)N2CCC[C@@H](c3n[nH]c(C)n3)C2)nn1. The van der Waals surface area contributed by atoms with Crippen LogP contribution in [0.4, 0.5) is 10.6 Å². The molecule has 3 heterocycles. The van der Waals surface area contributed by atoms with Gasteiger partial charge in [-0.3, -0.25) is 15.1 Å². The van der Waals surface area contributed by atoms with Gasteiger partial charge in [0.2, 0.25) is 0 Å². The Kier molecular flexibility index (Phi) is 4.54. The molecule has 23 heavy (non-hydrogen) atoms. The van der Waals surface area contributed by atoms with E-state index in [9.17, 15) is 4.79 Å². The van der Waals surface area contributed by atoms with Crippen molar-refractivity contribution in [2.24, 2.45) is 0 Å². The molecule has 9 heteroatoms. The number of anilines is 1. The smallest absolute Gasteiger partial charge is 0.323 e. The van der Waals surface area contributed by atoms with Gasteiger partial charge in [0.15, 0.2) is 11.6 Å². The van der Waals surface area contributed by atoms with E-state index < -0.39 is 0 Å². The van der Waals surface area contributed by atoms with Crippen molar-refractivity contribution in [3.8, 4) is 0 Å². The van der Waals surface area contributed by atoms with Crippen molar-refractivity contribution in [3.05, 3.63) is 17.8 Å². The molecule has 2 aromatic rings. The number of nitrogens with one attached hydrogen (secondary N) is 2. The number of carbonyl (C=O) groups excluding carboxylic acids is 1. The molecular formula is C14H22N8O. The first-order valence-corrected chi connectivity index (χ1v) is 8.00. The first kappa shape index (κ1) is 15.4. The topological polar surface area (TPSA) is 105 Å². The zero-order valence-corrected chi connectivity index (χ0v) is 13.5. The highest BCUT2D eigenvalue weighted by Gasteiger charge is 2.27. The van der Waals surface area contributed by atoms with Crippen LogP contribution in [0.15, 0.2) is 6.20 Å². The Labute approximate surface area is 134 Å². The number of nitrogens with zero attached hydrogens (tertiary/aromatic N) is 6. The number of rotatable bonds is 4. The molecule has 1 aliphatic rings. The number of likely N-dealkylation sites (tertiary alicyclic amines) is 1. The van der Waals surface area contributed by atoms with Crippen molar-refractivity contribution in [2.75, 3.05) is 18.4 Å². The molecule has 2 N–H and O–H groups in total. The third-order valence-electron chi connectivity index (χ3n) is 3.91. The van der Waals surface area contributed by atoms with Crippen LogP contribution in [-0.2, 0) is 6.54 Å². The zero-order valence-electron chi connectivity index (χ0n) is 13.5. The van der Waals surface area contributed by atoms with Crippen LogP contribution in [0.25, 0.3) is 0 Å². The molecule has 1 atom stereocenters. The second-order valence-electron chi connectivity index (χ2n) is 5.86. The van der Waals surface area contributed by atoms with Crippen molar-refractivity contribution in [1.82, 2.24) is 35.1 Å². The van der Waals surface area contributed by atoms with Gasteiger partial charge in [0, 0.05) is 25.6 Å². The third kappa shape index (κ3) is 3.66. The molecule has 0 bridgehead atoms. The van der Waals surface area contributed by atoms with Crippen LogP contribution in [0, 0.1) is 6.92 Å². The predicted molar refractivity (Wildman–Crippen MR) is 84.0 cm³/mol. The molecule has 2 aromatic heterocycles. The van der Waals surface area contributed by atoms with Gasteiger partial charge in [-0.1, -0.05) is 12.1 Å². The van der Waals surface area contributed by atoms with E-state index in [2.05, 4.69) is 37.7 Å². The number of aromatic amines is 1. The lowest BCUT2D eigenvalue weighted by molar-refractivity contribution is 0.191. The fraction of sp³-hybridized carbons (Fsp3) is 0.643. The van der Waals surface area contributed by atoms with Crippen molar-refractivity contribution >= 4 is 11.8 Å². The lowest BCUT2D eigenvalue weighted by Gasteiger charge is -2.31. The first-order valence-electron chi connectivity index (χ1n) is 8.00. The molecule has 124 valence electrons. The number of hydrogen-bond donors (Lipinski definition) is 2.